The summed E-state index contributed by atoms with van der Waals surface area (Å²) in [6.45, 7) is 8.43. The summed E-state index contributed by atoms with van der Waals surface area (Å²) in [7, 11) is -3.12. The van der Waals surface area contributed by atoms with Gasteiger partial charge in [0.15, 0.2) is 0 Å². The van der Waals surface area contributed by atoms with Crippen LogP contribution >= 0.6 is 0 Å². The molecule has 1 aliphatic carbocycles. The van der Waals surface area contributed by atoms with Gasteiger partial charge in [-0.05, 0) is 58.3 Å². The van der Waals surface area contributed by atoms with E-state index in [1.54, 1.807) is 18.2 Å². The fraction of sp³-hybridized carbons (Fsp3) is 1.00. The van der Waals surface area contributed by atoms with Crippen molar-refractivity contribution in [3.8, 4) is 0 Å². The normalized spacial score (nSPS) is 31.4. The quantitative estimate of drug-likeness (QED) is 0.697. The van der Waals surface area contributed by atoms with Crippen molar-refractivity contribution >= 4 is 10.0 Å². The van der Waals surface area contributed by atoms with Gasteiger partial charge in [0.05, 0.1) is 16.9 Å². The van der Waals surface area contributed by atoms with Gasteiger partial charge in [0, 0.05) is 45.5 Å². The molecule has 0 aromatic heterocycles. The molecule has 3 saturated heterocycles. The Kier molecular flexibility index (Phi) is 5.38. The van der Waals surface area contributed by atoms with Gasteiger partial charge in [0.2, 0.25) is 10.0 Å². The number of hydrogen-bond acceptors (Lipinski definition) is 5. The summed E-state index contributed by atoms with van der Waals surface area (Å²) in [5.74, 6) is 0.797. The second kappa shape index (κ2) is 7.32. The maximum absolute atomic E-state index is 12.4. The van der Waals surface area contributed by atoms with Gasteiger partial charge in [-0.1, -0.05) is 0 Å². The van der Waals surface area contributed by atoms with Crippen LogP contribution in [0.1, 0.15) is 52.4 Å². The first-order valence-electron chi connectivity index (χ1n) is 10.4. The van der Waals surface area contributed by atoms with Gasteiger partial charge in [-0.25, -0.2) is 12.7 Å². The van der Waals surface area contributed by atoms with Crippen LogP contribution in [-0.4, -0.2) is 80.0 Å². The maximum Gasteiger partial charge on any atom is 0.216 e. The summed E-state index contributed by atoms with van der Waals surface area (Å²) < 4.78 is 38.5. The minimum absolute atomic E-state index is 0.136. The van der Waals surface area contributed by atoms with E-state index >= 15 is 0 Å². The fourth-order valence-electron chi connectivity index (χ4n) is 4.90. The third-order valence-corrected chi connectivity index (χ3v) is 9.22. The zero-order valence-electron chi connectivity index (χ0n) is 16.2. The lowest BCUT2D eigenvalue weighted by Crippen LogP contribution is -2.76. The van der Waals surface area contributed by atoms with Crippen molar-refractivity contribution in [2.24, 2.45) is 5.92 Å². The molecule has 4 aliphatic rings. The Labute approximate surface area is 158 Å². The molecule has 1 spiro atoms. The molecule has 0 bridgehead atoms. The summed E-state index contributed by atoms with van der Waals surface area (Å²) in [6, 6.07) is 0.479. The Hall–Kier alpha value is -0.210. The Morgan fingerprint density at radius 1 is 1.12 bits per heavy atom. The number of nitrogens with zero attached hydrogens (tertiary/aromatic N) is 2. The summed E-state index contributed by atoms with van der Waals surface area (Å²) in [5, 5.41) is -0.329. The van der Waals surface area contributed by atoms with Crippen molar-refractivity contribution in [2.75, 3.05) is 39.5 Å². The zero-order valence-corrected chi connectivity index (χ0v) is 17.0. The molecule has 0 aromatic rings. The first-order valence-corrected chi connectivity index (χ1v) is 11.9. The molecule has 0 radical (unpaired) electrons. The molecule has 6 nitrogen and oxygen atoms in total. The van der Waals surface area contributed by atoms with E-state index in [1.807, 2.05) is 0 Å². The van der Waals surface area contributed by atoms with Crippen LogP contribution in [0.3, 0.4) is 0 Å². The lowest BCUT2D eigenvalue weighted by molar-refractivity contribution is -0.217. The summed E-state index contributed by atoms with van der Waals surface area (Å²) >= 11 is 0. The first kappa shape index (κ1) is 19.1. The predicted octanol–water partition coefficient (Wildman–Crippen LogP) is 1.85. The highest BCUT2D eigenvalue weighted by molar-refractivity contribution is 7.89. The van der Waals surface area contributed by atoms with E-state index in [0.29, 0.717) is 25.2 Å². The van der Waals surface area contributed by atoms with Crippen molar-refractivity contribution in [1.82, 2.24) is 9.21 Å². The predicted molar refractivity (Wildman–Crippen MR) is 101 cm³/mol. The second-order valence-electron chi connectivity index (χ2n) is 8.86. The number of hydrogen-bond donors (Lipinski definition) is 0. The van der Waals surface area contributed by atoms with Crippen molar-refractivity contribution in [3.05, 3.63) is 0 Å². The molecule has 1 unspecified atom stereocenters. The molecular weight excluding hydrogens is 352 g/mol. The molecule has 4 fully saturated rings. The van der Waals surface area contributed by atoms with Gasteiger partial charge in [-0.15, -0.1) is 0 Å². The number of rotatable bonds is 6. The van der Waals surface area contributed by atoms with Crippen molar-refractivity contribution in [3.63, 3.8) is 0 Å². The summed E-state index contributed by atoms with van der Waals surface area (Å²) in [6.07, 6.45) is 6.96. The Bertz CT molecular complexity index is 591. The molecule has 1 atom stereocenters. The third kappa shape index (κ3) is 3.46. The van der Waals surface area contributed by atoms with Crippen molar-refractivity contribution in [2.45, 2.75) is 75.3 Å². The van der Waals surface area contributed by atoms with Gasteiger partial charge in [-0.2, -0.15) is 0 Å². The van der Waals surface area contributed by atoms with Crippen LogP contribution in [0.5, 0.6) is 0 Å². The smallest absolute Gasteiger partial charge is 0.216 e. The Morgan fingerprint density at radius 2 is 1.77 bits per heavy atom. The number of piperidine rings is 1. The van der Waals surface area contributed by atoms with Gasteiger partial charge < -0.3 is 9.47 Å². The number of ether oxygens (including phenoxy) is 2. The highest BCUT2D eigenvalue weighted by atomic mass is 32.2. The molecule has 0 amide bonds. The maximum atomic E-state index is 12.4. The average Bonchev–Trinajstić information content (AvgIpc) is 3.46. The van der Waals surface area contributed by atoms with E-state index < -0.39 is 10.0 Å². The van der Waals surface area contributed by atoms with E-state index in [4.69, 9.17) is 9.47 Å². The Balaban J connectivity index is 1.38. The standard InChI is InChI=1S/C19H34N2O4S/c1-15(2)26(22,23)20-9-5-17(6-10-20)21-13-18(25-14-16-3-4-16)19(21)7-11-24-12-8-19/h15-18H,3-14H2,1-2H3. The van der Waals surface area contributed by atoms with Gasteiger partial charge in [0.1, 0.15) is 0 Å². The molecule has 1 saturated carbocycles. The summed E-state index contributed by atoms with van der Waals surface area (Å²) in [4.78, 5) is 2.65. The van der Waals surface area contributed by atoms with Crippen LogP contribution in [0.15, 0.2) is 0 Å². The SMILES string of the molecule is CC(C)S(=O)(=O)N1CCC(N2CC(OCC3CC3)C23CCOCC3)CC1. The molecule has 0 aromatic carbocycles. The molecule has 7 heteroatoms. The molecule has 0 N–H and O–H groups in total. The van der Waals surface area contributed by atoms with Gasteiger partial charge in [-0.3, -0.25) is 4.90 Å². The second-order valence-corrected chi connectivity index (χ2v) is 11.3. The van der Waals surface area contributed by atoms with E-state index in [1.165, 1.54) is 12.8 Å². The van der Waals surface area contributed by atoms with Gasteiger partial charge in [0.25, 0.3) is 0 Å². The molecular formula is C19H34N2O4S. The lowest BCUT2D eigenvalue weighted by Gasteiger charge is -2.63. The van der Waals surface area contributed by atoms with E-state index in [-0.39, 0.29) is 10.8 Å². The monoisotopic (exact) mass is 386 g/mol. The van der Waals surface area contributed by atoms with Crippen LogP contribution in [0.2, 0.25) is 0 Å². The molecule has 4 rings (SSSR count). The largest absolute Gasteiger partial charge is 0.381 e. The van der Waals surface area contributed by atoms with E-state index in [9.17, 15) is 8.42 Å². The topological polar surface area (TPSA) is 59.1 Å². The van der Waals surface area contributed by atoms with E-state index in [2.05, 4.69) is 4.90 Å². The Morgan fingerprint density at radius 3 is 2.35 bits per heavy atom. The lowest BCUT2D eigenvalue weighted by atomic mass is 9.73. The minimum Gasteiger partial charge on any atom is -0.381 e. The third-order valence-electron chi connectivity index (χ3n) is 6.94. The first-order chi connectivity index (χ1) is 12.4. The van der Waals surface area contributed by atoms with Crippen LogP contribution < -0.4 is 0 Å². The molecule has 150 valence electrons. The zero-order chi connectivity index (χ0) is 18.4. The molecule has 3 aliphatic heterocycles. The summed E-state index contributed by atoms with van der Waals surface area (Å²) in [5.41, 5.74) is 0.136. The number of likely N-dealkylation sites (tertiary alicyclic amines) is 1. The fourth-order valence-corrected chi connectivity index (χ4v) is 6.22. The molecule has 3 heterocycles. The van der Waals surface area contributed by atoms with Crippen LogP contribution in [0.4, 0.5) is 0 Å². The highest BCUT2D eigenvalue weighted by Gasteiger charge is 2.57. The van der Waals surface area contributed by atoms with Crippen LogP contribution in [0, 0.1) is 5.92 Å². The van der Waals surface area contributed by atoms with E-state index in [0.717, 1.165) is 58.0 Å². The van der Waals surface area contributed by atoms with Crippen molar-refractivity contribution < 1.29 is 17.9 Å². The molecule has 26 heavy (non-hydrogen) atoms. The number of sulfonamides is 1. The minimum atomic E-state index is -3.12. The van der Waals surface area contributed by atoms with Crippen molar-refractivity contribution in [1.29, 1.82) is 0 Å². The highest BCUT2D eigenvalue weighted by Crippen LogP contribution is 2.45. The van der Waals surface area contributed by atoms with Gasteiger partial charge >= 0.3 is 0 Å². The van der Waals surface area contributed by atoms with Crippen LogP contribution in [-0.2, 0) is 19.5 Å². The van der Waals surface area contributed by atoms with Crippen LogP contribution in [0.25, 0.3) is 0 Å². The average molecular weight is 387 g/mol.